The van der Waals surface area contributed by atoms with Crippen LogP contribution in [0.25, 0.3) is 5.65 Å². The molecule has 0 aliphatic carbocycles. The average molecular weight is 396 g/mol. The third-order valence-corrected chi connectivity index (χ3v) is 5.88. The number of pyridine rings is 1. The highest BCUT2D eigenvalue weighted by Crippen LogP contribution is 2.27. The first-order valence-corrected chi connectivity index (χ1v) is 10.6. The number of fused-ring (bicyclic) bond motifs is 1. The normalized spacial score (nSPS) is 17.2. The molecule has 3 aromatic rings. The number of aryl methyl sites for hydroxylation is 3. The predicted molar refractivity (Wildman–Crippen MR) is 112 cm³/mol. The van der Waals surface area contributed by atoms with Gasteiger partial charge in [0.15, 0.2) is 18.0 Å². The standard InChI is InChI=1S/C22H29N5O2/c1-2-18-15-23-27-20(9-8-17-6-5-11-25(29)16-17)14-21(24-22(18)27)26-12-4-3-7-19(26)10-13-28/h5-6,11,14-16,19,28H,2-4,7-10,12-13H2,1H3/t19-/m0/s1. The molecule has 0 saturated carbocycles. The Morgan fingerprint density at radius 2 is 2.21 bits per heavy atom. The highest BCUT2D eigenvalue weighted by molar-refractivity contribution is 5.55. The largest absolute Gasteiger partial charge is 0.619 e. The average Bonchev–Trinajstić information content (AvgIpc) is 3.16. The number of anilines is 1. The monoisotopic (exact) mass is 395 g/mol. The molecule has 0 unspecified atom stereocenters. The van der Waals surface area contributed by atoms with Gasteiger partial charge >= 0.3 is 0 Å². The van der Waals surface area contributed by atoms with Crippen molar-refractivity contribution in [2.75, 3.05) is 18.1 Å². The molecule has 3 aromatic heterocycles. The number of aromatic nitrogens is 4. The van der Waals surface area contributed by atoms with Gasteiger partial charge in [-0.3, -0.25) is 0 Å². The maximum atomic E-state index is 11.6. The van der Waals surface area contributed by atoms with E-state index in [-0.39, 0.29) is 6.61 Å². The number of aliphatic hydroxyl groups excluding tert-OH is 1. The van der Waals surface area contributed by atoms with Crippen LogP contribution < -0.4 is 9.63 Å². The Balaban J connectivity index is 1.69. The van der Waals surface area contributed by atoms with E-state index in [2.05, 4.69) is 23.0 Å². The van der Waals surface area contributed by atoms with Crippen LogP contribution in [0.5, 0.6) is 0 Å². The van der Waals surface area contributed by atoms with Crippen molar-refractivity contribution in [3.8, 4) is 0 Å². The summed E-state index contributed by atoms with van der Waals surface area (Å²) in [5.41, 5.74) is 4.16. The van der Waals surface area contributed by atoms with Crippen molar-refractivity contribution >= 4 is 11.5 Å². The van der Waals surface area contributed by atoms with Gasteiger partial charge in [0.05, 0.1) is 6.20 Å². The Bertz CT molecular complexity index is 969. The molecule has 1 atom stereocenters. The molecule has 0 aromatic carbocycles. The van der Waals surface area contributed by atoms with Crippen molar-refractivity contribution in [1.82, 2.24) is 14.6 Å². The fourth-order valence-electron chi connectivity index (χ4n) is 4.30. The predicted octanol–water partition coefficient (Wildman–Crippen LogP) is 2.45. The van der Waals surface area contributed by atoms with Crippen molar-refractivity contribution in [3.05, 3.63) is 58.8 Å². The molecule has 1 aliphatic rings. The van der Waals surface area contributed by atoms with Gasteiger partial charge in [-0.1, -0.05) is 6.92 Å². The molecule has 7 heteroatoms. The van der Waals surface area contributed by atoms with Gasteiger partial charge in [0.2, 0.25) is 0 Å². The molecule has 4 heterocycles. The fraction of sp³-hybridized carbons (Fsp3) is 0.500. The molecular formula is C22H29N5O2. The van der Waals surface area contributed by atoms with Crippen LogP contribution in [0.4, 0.5) is 5.82 Å². The number of nitrogens with zero attached hydrogens (tertiary/aromatic N) is 5. The van der Waals surface area contributed by atoms with E-state index in [0.717, 1.165) is 78.1 Å². The van der Waals surface area contributed by atoms with E-state index in [0.29, 0.717) is 6.04 Å². The summed E-state index contributed by atoms with van der Waals surface area (Å²) in [5.74, 6) is 0.979. The summed E-state index contributed by atoms with van der Waals surface area (Å²) in [6, 6.07) is 6.24. The third kappa shape index (κ3) is 4.19. The van der Waals surface area contributed by atoms with Gasteiger partial charge < -0.3 is 15.2 Å². The topological polar surface area (TPSA) is 80.6 Å². The number of rotatable bonds is 7. The van der Waals surface area contributed by atoms with Crippen molar-refractivity contribution < 1.29 is 9.84 Å². The second kappa shape index (κ2) is 8.78. The molecular weight excluding hydrogens is 366 g/mol. The second-order valence-corrected chi connectivity index (χ2v) is 7.79. The van der Waals surface area contributed by atoms with Gasteiger partial charge in [-0.25, -0.2) is 9.50 Å². The van der Waals surface area contributed by atoms with Crippen LogP contribution in [-0.4, -0.2) is 38.9 Å². The van der Waals surface area contributed by atoms with E-state index in [1.807, 2.05) is 16.8 Å². The van der Waals surface area contributed by atoms with Crippen LogP contribution in [-0.2, 0) is 19.3 Å². The quantitative estimate of drug-likeness (QED) is 0.491. The minimum absolute atomic E-state index is 0.201. The van der Waals surface area contributed by atoms with Crippen LogP contribution in [0, 0.1) is 5.21 Å². The zero-order chi connectivity index (χ0) is 20.2. The van der Waals surface area contributed by atoms with Gasteiger partial charge in [0, 0.05) is 48.1 Å². The molecule has 4 rings (SSSR count). The molecule has 154 valence electrons. The van der Waals surface area contributed by atoms with Crippen LogP contribution in [0.3, 0.4) is 0 Å². The summed E-state index contributed by atoms with van der Waals surface area (Å²) in [7, 11) is 0. The highest BCUT2D eigenvalue weighted by atomic mass is 16.5. The van der Waals surface area contributed by atoms with Crippen molar-refractivity contribution in [2.45, 2.75) is 57.9 Å². The van der Waals surface area contributed by atoms with E-state index >= 15 is 0 Å². The molecule has 0 bridgehead atoms. The summed E-state index contributed by atoms with van der Waals surface area (Å²) in [6.07, 6.45) is 11.7. The lowest BCUT2D eigenvalue weighted by Crippen LogP contribution is -2.40. The SMILES string of the molecule is CCc1cnn2c(CCc3ccc[n+]([O-])c3)cc(N3CCCC[C@H]3CCO)nc12. The summed E-state index contributed by atoms with van der Waals surface area (Å²) in [6.45, 7) is 3.29. The fourth-order valence-corrected chi connectivity index (χ4v) is 4.30. The molecule has 1 saturated heterocycles. The second-order valence-electron chi connectivity index (χ2n) is 7.79. The van der Waals surface area contributed by atoms with Gasteiger partial charge in [0.1, 0.15) is 5.82 Å². The number of hydrogen-bond acceptors (Lipinski definition) is 5. The molecule has 1 aliphatic heterocycles. The Kier molecular flexibility index (Phi) is 5.94. The number of aliphatic hydroxyl groups is 1. The minimum atomic E-state index is 0.201. The van der Waals surface area contributed by atoms with Gasteiger partial charge in [-0.05, 0) is 51.0 Å². The lowest BCUT2D eigenvalue weighted by molar-refractivity contribution is -0.605. The lowest BCUT2D eigenvalue weighted by atomic mass is 9.99. The van der Waals surface area contributed by atoms with E-state index in [1.54, 1.807) is 12.3 Å². The minimum Gasteiger partial charge on any atom is -0.619 e. The number of piperidine rings is 1. The van der Waals surface area contributed by atoms with Gasteiger partial charge in [-0.2, -0.15) is 9.83 Å². The molecule has 0 radical (unpaired) electrons. The molecule has 7 nitrogen and oxygen atoms in total. The first-order chi connectivity index (χ1) is 14.2. The Hall–Kier alpha value is -2.67. The van der Waals surface area contributed by atoms with E-state index in [1.165, 1.54) is 12.6 Å². The highest BCUT2D eigenvalue weighted by Gasteiger charge is 2.24. The van der Waals surface area contributed by atoms with Crippen LogP contribution in [0.2, 0.25) is 0 Å². The zero-order valence-corrected chi connectivity index (χ0v) is 17.0. The van der Waals surface area contributed by atoms with Crippen LogP contribution in [0.1, 0.15) is 49.4 Å². The van der Waals surface area contributed by atoms with Crippen molar-refractivity contribution in [1.29, 1.82) is 0 Å². The van der Waals surface area contributed by atoms with Gasteiger partial charge in [0.25, 0.3) is 0 Å². The van der Waals surface area contributed by atoms with Crippen molar-refractivity contribution in [3.63, 3.8) is 0 Å². The van der Waals surface area contributed by atoms with E-state index in [9.17, 15) is 10.3 Å². The number of hydrogen-bond donors (Lipinski definition) is 1. The Morgan fingerprint density at radius 3 is 3.00 bits per heavy atom. The Labute approximate surface area is 171 Å². The summed E-state index contributed by atoms with van der Waals surface area (Å²) >= 11 is 0. The van der Waals surface area contributed by atoms with Gasteiger partial charge in [-0.15, -0.1) is 0 Å². The lowest BCUT2D eigenvalue weighted by Gasteiger charge is -2.36. The summed E-state index contributed by atoms with van der Waals surface area (Å²) in [4.78, 5) is 7.35. The first-order valence-electron chi connectivity index (χ1n) is 10.6. The van der Waals surface area contributed by atoms with Crippen LogP contribution >= 0.6 is 0 Å². The molecule has 0 spiro atoms. The molecule has 0 amide bonds. The van der Waals surface area contributed by atoms with Crippen molar-refractivity contribution in [2.24, 2.45) is 0 Å². The third-order valence-electron chi connectivity index (χ3n) is 5.88. The smallest absolute Gasteiger partial charge is 0.183 e. The summed E-state index contributed by atoms with van der Waals surface area (Å²) < 4.78 is 2.79. The first kappa shape index (κ1) is 19.6. The van der Waals surface area contributed by atoms with Crippen LogP contribution in [0.15, 0.2) is 36.8 Å². The zero-order valence-electron chi connectivity index (χ0n) is 17.0. The molecule has 1 N–H and O–H groups in total. The molecule has 1 fully saturated rings. The summed E-state index contributed by atoms with van der Waals surface area (Å²) in [5, 5.41) is 25.7. The Morgan fingerprint density at radius 1 is 1.31 bits per heavy atom. The van der Waals surface area contributed by atoms with E-state index < -0.39 is 0 Å². The molecule has 29 heavy (non-hydrogen) atoms. The maximum Gasteiger partial charge on any atom is 0.183 e. The maximum absolute atomic E-state index is 11.6. The van der Waals surface area contributed by atoms with E-state index in [4.69, 9.17) is 4.98 Å².